The Morgan fingerprint density at radius 3 is 1.70 bits per heavy atom. The number of hydrogen-bond donors (Lipinski definition) is 3. The van der Waals surface area contributed by atoms with Gasteiger partial charge in [-0.25, -0.2) is 0 Å². The third-order valence-corrected chi connectivity index (χ3v) is 5.96. The van der Waals surface area contributed by atoms with Gasteiger partial charge in [-0.15, -0.1) is 0 Å². The number of benzene rings is 4. The van der Waals surface area contributed by atoms with E-state index in [1.807, 2.05) is 24.3 Å². The van der Waals surface area contributed by atoms with E-state index in [1.54, 1.807) is 48.5 Å². The molecule has 4 aromatic carbocycles. The van der Waals surface area contributed by atoms with Gasteiger partial charge in [-0.05, 0) is 83.6 Å². The van der Waals surface area contributed by atoms with E-state index in [9.17, 15) is 15.3 Å². The van der Waals surface area contributed by atoms with Crippen molar-refractivity contribution in [3.8, 4) is 28.7 Å². The van der Waals surface area contributed by atoms with E-state index in [0.717, 1.165) is 22.3 Å². The number of halogens is 3. The molecule has 0 aliphatic carbocycles. The van der Waals surface area contributed by atoms with Crippen molar-refractivity contribution in [2.75, 3.05) is 0 Å². The topological polar surface area (TPSA) is 69.9 Å². The molecule has 0 saturated heterocycles. The smallest absolute Gasteiger partial charge is 0.169 e. The summed E-state index contributed by atoms with van der Waals surface area (Å²) in [4.78, 5) is 0. The van der Waals surface area contributed by atoms with Crippen molar-refractivity contribution in [2.24, 2.45) is 0 Å². The number of hydrogen-bond acceptors (Lipinski definition) is 4. The van der Waals surface area contributed by atoms with Crippen LogP contribution >= 0.6 is 34.8 Å². The Morgan fingerprint density at radius 2 is 1.06 bits per heavy atom. The third kappa shape index (κ3) is 5.66. The highest BCUT2D eigenvalue weighted by Gasteiger charge is 2.10. The quantitative estimate of drug-likeness (QED) is 0.253. The maximum Gasteiger partial charge on any atom is 0.169 e. The van der Waals surface area contributed by atoms with Crippen molar-refractivity contribution in [3.63, 3.8) is 0 Å². The zero-order valence-corrected chi connectivity index (χ0v) is 19.5. The van der Waals surface area contributed by atoms with Crippen LogP contribution < -0.4 is 4.74 Å². The molecule has 0 fully saturated rings. The molecule has 0 bridgehead atoms. The molecule has 4 aromatic rings. The Balaban J connectivity index is 1.47. The Kier molecular flexibility index (Phi) is 6.89. The molecule has 0 aliphatic heterocycles. The van der Waals surface area contributed by atoms with Crippen LogP contribution in [-0.2, 0) is 12.8 Å². The van der Waals surface area contributed by atoms with Gasteiger partial charge < -0.3 is 20.1 Å². The van der Waals surface area contributed by atoms with Crippen LogP contribution in [0.15, 0.2) is 72.8 Å². The first-order valence-electron chi connectivity index (χ1n) is 10.0. The third-order valence-electron chi connectivity index (χ3n) is 5.08. The molecule has 0 unspecified atom stereocenters. The largest absolute Gasteiger partial charge is 0.506 e. The lowest BCUT2D eigenvalue weighted by molar-refractivity contribution is 0.411. The normalized spacial score (nSPS) is 10.9. The van der Waals surface area contributed by atoms with Crippen molar-refractivity contribution in [1.82, 2.24) is 0 Å². The maximum atomic E-state index is 10.2. The highest BCUT2D eigenvalue weighted by molar-refractivity contribution is 6.37. The highest BCUT2D eigenvalue weighted by Crippen LogP contribution is 2.35. The van der Waals surface area contributed by atoms with Crippen LogP contribution in [0, 0.1) is 0 Å². The molecule has 7 heteroatoms. The Labute approximate surface area is 206 Å². The van der Waals surface area contributed by atoms with Crippen molar-refractivity contribution >= 4 is 34.8 Å². The highest BCUT2D eigenvalue weighted by atomic mass is 35.5. The van der Waals surface area contributed by atoms with E-state index in [2.05, 4.69) is 0 Å². The molecule has 0 spiro atoms. The van der Waals surface area contributed by atoms with Crippen LogP contribution in [0.1, 0.15) is 22.3 Å². The van der Waals surface area contributed by atoms with Gasteiger partial charge in [-0.3, -0.25) is 0 Å². The molecule has 3 N–H and O–H groups in total. The summed E-state index contributed by atoms with van der Waals surface area (Å²) < 4.78 is 5.90. The Hall–Kier alpha value is -3.05. The summed E-state index contributed by atoms with van der Waals surface area (Å²) >= 11 is 18.0. The van der Waals surface area contributed by atoms with Crippen LogP contribution in [0.25, 0.3) is 0 Å². The fraction of sp³-hybridized carbons (Fsp3) is 0.0769. The molecule has 4 nitrogen and oxygen atoms in total. The number of ether oxygens (including phenoxy) is 1. The average molecular weight is 502 g/mol. The zero-order chi connectivity index (χ0) is 23.5. The van der Waals surface area contributed by atoms with Gasteiger partial charge in [0.1, 0.15) is 11.5 Å². The minimum Gasteiger partial charge on any atom is -0.506 e. The van der Waals surface area contributed by atoms with Crippen LogP contribution in [0.4, 0.5) is 0 Å². The fourth-order valence-electron chi connectivity index (χ4n) is 3.40. The zero-order valence-electron chi connectivity index (χ0n) is 17.2. The number of phenols is 3. The summed E-state index contributed by atoms with van der Waals surface area (Å²) in [6, 6.07) is 21.0. The van der Waals surface area contributed by atoms with Crippen molar-refractivity contribution in [2.45, 2.75) is 12.8 Å². The van der Waals surface area contributed by atoms with Gasteiger partial charge >= 0.3 is 0 Å². The molecule has 168 valence electrons. The molecule has 0 aromatic heterocycles. The van der Waals surface area contributed by atoms with Gasteiger partial charge in [0.15, 0.2) is 17.2 Å². The Bertz CT molecular complexity index is 1280. The summed E-state index contributed by atoms with van der Waals surface area (Å²) in [6.45, 7) is 0. The van der Waals surface area contributed by atoms with Gasteiger partial charge in [0.25, 0.3) is 0 Å². The van der Waals surface area contributed by atoms with E-state index in [-0.39, 0.29) is 27.3 Å². The second-order valence-electron chi connectivity index (χ2n) is 7.60. The van der Waals surface area contributed by atoms with Crippen LogP contribution in [0.2, 0.25) is 15.1 Å². The van der Waals surface area contributed by atoms with Gasteiger partial charge in [-0.2, -0.15) is 0 Å². The second kappa shape index (κ2) is 9.84. The van der Waals surface area contributed by atoms with E-state index in [0.29, 0.717) is 29.4 Å². The maximum absolute atomic E-state index is 10.2. The van der Waals surface area contributed by atoms with Gasteiger partial charge in [0.05, 0.1) is 15.1 Å². The molecule has 0 aliphatic rings. The summed E-state index contributed by atoms with van der Waals surface area (Å²) in [5, 5.41) is 30.2. The van der Waals surface area contributed by atoms with Crippen molar-refractivity contribution in [3.05, 3.63) is 110 Å². The SMILES string of the molecule is Oc1ccc(Cc2ccc(O)c(Oc3ccc(Cc4cc(Cl)c(O)c(Cl)c4)cc3)c2)cc1Cl. The van der Waals surface area contributed by atoms with Crippen LogP contribution in [-0.4, -0.2) is 15.3 Å². The van der Waals surface area contributed by atoms with E-state index >= 15 is 0 Å². The predicted octanol–water partition coefficient (Wildman–Crippen LogP) is 7.74. The monoisotopic (exact) mass is 500 g/mol. The lowest BCUT2D eigenvalue weighted by Gasteiger charge is -2.11. The molecule has 0 heterocycles. The molecule has 0 atom stereocenters. The molecular weight excluding hydrogens is 483 g/mol. The first-order chi connectivity index (χ1) is 15.8. The lowest BCUT2D eigenvalue weighted by Crippen LogP contribution is -1.92. The molecule has 0 radical (unpaired) electrons. The van der Waals surface area contributed by atoms with Crippen LogP contribution in [0.5, 0.6) is 28.7 Å². The van der Waals surface area contributed by atoms with Gasteiger partial charge in [0, 0.05) is 0 Å². The van der Waals surface area contributed by atoms with Crippen LogP contribution in [0.3, 0.4) is 0 Å². The van der Waals surface area contributed by atoms with E-state index in [1.165, 1.54) is 0 Å². The first-order valence-corrected chi connectivity index (χ1v) is 11.1. The minimum absolute atomic E-state index is 0.0277. The van der Waals surface area contributed by atoms with Crippen molar-refractivity contribution in [1.29, 1.82) is 0 Å². The average Bonchev–Trinajstić information content (AvgIpc) is 2.78. The summed E-state index contributed by atoms with van der Waals surface area (Å²) in [6.07, 6.45) is 1.14. The summed E-state index contributed by atoms with van der Waals surface area (Å²) in [5.74, 6) is 0.847. The van der Waals surface area contributed by atoms with E-state index < -0.39 is 0 Å². The molecule has 33 heavy (non-hydrogen) atoms. The molecule has 4 rings (SSSR count). The van der Waals surface area contributed by atoms with E-state index in [4.69, 9.17) is 39.5 Å². The standard InChI is InChI=1S/C26H19Cl3O4/c27-20-11-16(3-7-23(20)30)10-17-4-8-24(31)25(14-17)33-19-5-1-15(2-6-19)9-18-12-21(28)26(32)22(29)13-18/h1-8,11-14,30-32H,9-10H2. The summed E-state index contributed by atoms with van der Waals surface area (Å²) in [5.41, 5.74) is 3.72. The number of aromatic hydroxyl groups is 3. The van der Waals surface area contributed by atoms with Gasteiger partial charge in [0.2, 0.25) is 0 Å². The molecule has 0 amide bonds. The number of phenolic OH excluding ortho intramolecular Hbond substituents is 3. The van der Waals surface area contributed by atoms with Gasteiger partial charge in [-0.1, -0.05) is 59.1 Å². The first kappa shape index (κ1) is 23.1. The Morgan fingerprint density at radius 1 is 0.545 bits per heavy atom. The van der Waals surface area contributed by atoms with Crippen molar-refractivity contribution < 1.29 is 20.1 Å². The second-order valence-corrected chi connectivity index (χ2v) is 8.82. The lowest BCUT2D eigenvalue weighted by atomic mass is 10.0. The minimum atomic E-state index is -0.124. The summed E-state index contributed by atoms with van der Waals surface area (Å²) in [7, 11) is 0. The predicted molar refractivity (Wildman–Crippen MR) is 131 cm³/mol. The molecule has 0 saturated carbocycles. The fourth-order valence-corrected chi connectivity index (χ4v) is 4.14. The number of rotatable bonds is 6. The molecular formula is C26H19Cl3O4.